The molecular formula is C31H33FN8O2. The molecule has 2 amide bonds. The van der Waals surface area contributed by atoms with Crippen molar-refractivity contribution in [3.63, 3.8) is 0 Å². The van der Waals surface area contributed by atoms with Gasteiger partial charge < -0.3 is 16.0 Å². The van der Waals surface area contributed by atoms with Gasteiger partial charge in [0.2, 0.25) is 5.95 Å². The number of hydrogen-bond donors (Lipinski definition) is 3. The van der Waals surface area contributed by atoms with E-state index in [1.165, 1.54) is 12.1 Å². The summed E-state index contributed by atoms with van der Waals surface area (Å²) in [6.07, 6.45) is 3.39. The summed E-state index contributed by atoms with van der Waals surface area (Å²) >= 11 is 0. The van der Waals surface area contributed by atoms with Crippen LogP contribution in [0.25, 0.3) is 33.4 Å². The zero-order valence-electron chi connectivity index (χ0n) is 24.4. The second-order valence-corrected chi connectivity index (χ2v) is 10.6. The molecule has 42 heavy (non-hydrogen) atoms. The van der Waals surface area contributed by atoms with Crippen LogP contribution in [0.15, 0.2) is 65.7 Å². The number of carbonyl (C=O) groups excluding carboxylic acids is 1. The number of aromatic nitrogens is 5. The zero-order valence-corrected chi connectivity index (χ0v) is 24.4. The van der Waals surface area contributed by atoms with Gasteiger partial charge in [-0.05, 0) is 63.9 Å². The van der Waals surface area contributed by atoms with Gasteiger partial charge in [0, 0.05) is 48.0 Å². The molecule has 0 saturated heterocycles. The van der Waals surface area contributed by atoms with Gasteiger partial charge in [0.25, 0.3) is 5.56 Å². The molecule has 0 unspecified atom stereocenters. The van der Waals surface area contributed by atoms with E-state index in [1.54, 1.807) is 41.7 Å². The first-order valence-electron chi connectivity index (χ1n) is 13.7. The van der Waals surface area contributed by atoms with Gasteiger partial charge in [0.1, 0.15) is 17.2 Å². The maximum atomic E-state index is 15.2. The van der Waals surface area contributed by atoms with E-state index in [0.29, 0.717) is 45.1 Å². The first-order valence-corrected chi connectivity index (χ1v) is 13.7. The van der Waals surface area contributed by atoms with Crippen molar-refractivity contribution in [3.8, 4) is 22.4 Å². The van der Waals surface area contributed by atoms with E-state index < -0.39 is 11.8 Å². The highest BCUT2D eigenvalue weighted by Gasteiger charge is 2.20. The third kappa shape index (κ3) is 5.45. The van der Waals surface area contributed by atoms with Gasteiger partial charge in [0.15, 0.2) is 0 Å². The van der Waals surface area contributed by atoms with Gasteiger partial charge in [-0.1, -0.05) is 30.3 Å². The molecule has 0 aliphatic rings. The standard InChI is InChI=1S/C31H33FN8O2/c1-17(2)39-16-26(27(38-39)20-10-8-7-9-11-20)36-31(42)35-25-14-22(19(5)12-24(25)32)23-13-21-15-34-30(33-6)37-28(21)40(18(3)4)29(23)41/h7-18H,1-6H3,(H,33,34,37)(H2,35,36,42). The van der Waals surface area contributed by atoms with Crippen LogP contribution < -0.4 is 21.5 Å². The van der Waals surface area contributed by atoms with Crippen molar-refractivity contribution in [2.75, 3.05) is 23.0 Å². The summed E-state index contributed by atoms with van der Waals surface area (Å²) in [5.74, 6) is -0.228. The van der Waals surface area contributed by atoms with Gasteiger partial charge >= 0.3 is 6.03 Å². The molecule has 5 aromatic rings. The quantitative estimate of drug-likeness (QED) is 0.203. The lowest BCUT2D eigenvalue weighted by Crippen LogP contribution is -2.25. The Labute approximate surface area is 242 Å². The third-order valence-electron chi connectivity index (χ3n) is 6.92. The highest BCUT2D eigenvalue weighted by molar-refractivity contribution is 6.02. The molecular weight excluding hydrogens is 535 g/mol. The minimum atomic E-state index is -0.643. The molecule has 0 radical (unpaired) electrons. The van der Waals surface area contributed by atoms with Crippen LogP contribution in [0, 0.1) is 12.7 Å². The summed E-state index contributed by atoms with van der Waals surface area (Å²) in [4.78, 5) is 35.7. The zero-order chi connectivity index (χ0) is 30.1. The summed E-state index contributed by atoms with van der Waals surface area (Å²) in [5.41, 5.74) is 3.44. The third-order valence-corrected chi connectivity index (χ3v) is 6.92. The van der Waals surface area contributed by atoms with Crippen LogP contribution in [0.1, 0.15) is 45.3 Å². The van der Waals surface area contributed by atoms with Crippen LogP contribution in [-0.4, -0.2) is 37.4 Å². The predicted molar refractivity (Wildman–Crippen MR) is 165 cm³/mol. The van der Waals surface area contributed by atoms with Crippen LogP contribution in [0.3, 0.4) is 0 Å². The molecule has 0 atom stereocenters. The molecule has 3 N–H and O–H groups in total. The number of fused-ring (bicyclic) bond motifs is 1. The van der Waals surface area contributed by atoms with Gasteiger partial charge in [-0.15, -0.1) is 0 Å². The van der Waals surface area contributed by atoms with E-state index in [1.807, 2.05) is 58.0 Å². The van der Waals surface area contributed by atoms with Gasteiger partial charge in [0.05, 0.1) is 11.4 Å². The van der Waals surface area contributed by atoms with E-state index >= 15 is 4.39 Å². The van der Waals surface area contributed by atoms with Crippen LogP contribution in [0.2, 0.25) is 0 Å². The molecule has 0 bridgehead atoms. The molecule has 3 aromatic heterocycles. The van der Waals surface area contributed by atoms with Crippen molar-refractivity contribution in [1.82, 2.24) is 24.3 Å². The average Bonchev–Trinajstić information content (AvgIpc) is 3.38. The number of pyridine rings is 1. The molecule has 5 rings (SSSR count). The van der Waals surface area contributed by atoms with Gasteiger partial charge in [-0.25, -0.2) is 14.2 Å². The number of nitrogens with zero attached hydrogens (tertiary/aromatic N) is 5. The van der Waals surface area contributed by atoms with Crippen LogP contribution in [0.5, 0.6) is 0 Å². The average molecular weight is 569 g/mol. The molecule has 11 heteroatoms. The number of urea groups is 1. The Balaban J connectivity index is 1.52. The number of hydrogen-bond acceptors (Lipinski definition) is 6. The number of benzene rings is 2. The number of amides is 2. The number of rotatable bonds is 7. The summed E-state index contributed by atoms with van der Waals surface area (Å²) in [7, 11) is 1.71. The van der Waals surface area contributed by atoms with Gasteiger partial charge in [-0.3, -0.25) is 14.0 Å². The minimum absolute atomic E-state index is 0.0650. The lowest BCUT2D eigenvalue weighted by Gasteiger charge is -2.17. The molecule has 3 heterocycles. The number of aryl methyl sites for hydroxylation is 1. The summed E-state index contributed by atoms with van der Waals surface area (Å²) in [6, 6.07) is 13.2. The molecule has 10 nitrogen and oxygen atoms in total. The Morgan fingerprint density at radius 2 is 1.67 bits per heavy atom. The van der Waals surface area contributed by atoms with Crippen LogP contribution in [0.4, 0.5) is 26.5 Å². The Hall–Kier alpha value is -5.06. The molecule has 0 spiro atoms. The highest BCUT2D eigenvalue weighted by atomic mass is 19.1. The Morgan fingerprint density at radius 3 is 2.33 bits per heavy atom. The first-order chi connectivity index (χ1) is 20.1. The van der Waals surface area contributed by atoms with Gasteiger partial charge in [-0.2, -0.15) is 10.1 Å². The lowest BCUT2D eigenvalue weighted by molar-refractivity contribution is 0.262. The summed E-state index contributed by atoms with van der Waals surface area (Å²) in [5, 5.41) is 13.6. The largest absolute Gasteiger partial charge is 0.357 e. The lowest BCUT2D eigenvalue weighted by atomic mass is 9.99. The second-order valence-electron chi connectivity index (χ2n) is 10.6. The molecule has 0 saturated carbocycles. The fraction of sp³-hybridized carbons (Fsp3) is 0.258. The molecule has 0 fully saturated rings. The number of nitrogens with one attached hydrogen (secondary N) is 3. The van der Waals surface area contributed by atoms with E-state index in [0.717, 1.165) is 5.56 Å². The summed E-state index contributed by atoms with van der Waals surface area (Å²) < 4.78 is 18.5. The maximum Gasteiger partial charge on any atom is 0.323 e. The SMILES string of the molecule is CNc1ncc2cc(-c3cc(NC(=O)Nc4cn(C(C)C)nc4-c4ccccc4)c(F)cc3C)c(=O)n(C(C)C)c2n1. The number of halogens is 1. The molecule has 0 aliphatic heterocycles. The van der Waals surface area contributed by atoms with Crippen molar-refractivity contribution in [2.45, 2.75) is 46.7 Å². The molecule has 2 aromatic carbocycles. The van der Waals surface area contributed by atoms with E-state index in [-0.39, 0.29) is 23.3 Å². The van der Waals surface area contributed by atoms with Crippen molar-refractivity contribution in [3.05, 3.63) is 82.7 Å². The van der Waals surface area contributed by atoms with Crippen LogP contribution >= 0.6 is 0 Å². The Kier molecular flexibility index (Phi) is 7.75. The smallest absolute Gasteiger partial charge is 0.323 e. The topological polar surface area (TPSA) is 119 Å². The van der Waals surface area contributed by atoms with E-state index in [9.17, 15) is 9.59 Å². The molecule has 0 aliphatic carbocycles. The van der Waals surface area contributed by atoms with E-state index in [4.69, 9.17) is 0 Å². The normalized spacial score (nSPS) is 11.4. The summed E-state index contributed by atoms with van der Waals surface area (Å²) in [6.45, 7) is 9.48. The maximum absolute atomic E-state index is 15.2. The Morgan fingerprint density at radius 1 is 0.952 bits per heavy atom. The Bertz CT molecular complexity index is 1840. The second kappa shape index (κ2) is 11.4. The predicted octanol–water partition coefficient (Wildman–Crippen LogP) is 6.62. The number of carbonyl (C=O) groups is 1. The number of anilines is 3. The van der Waals surface area contributed by atoms with Crippen LogP contribution in [-0.2, 0) is 0 Å². The van der Waals surface area contributed by atoms with Crippen molar-refractivity contribution in [1.29, 1.82) is 0 Å². The fourth-order valence-corrected chi connectivity index (χ4v) is 4.80. The minimum Gasteiger partial charge on any atom is -0.357 e. The first kappa shape index (κ1) is 28.5. The highest BCUT2D eigenvalue weighted by Crippen LogP contribution is 2.31. The van der Waals surface area contributed by atoms with E-state index in [2.05, 4.69) is 31.0 Å². The van der Waals surface area contributed by atoms with Crippen molar-refractivity contribution >= 4 is 34.4 Å². The van der Waals surface area contributed by atoms with Crippen molar-refractivity contribution < 1.29 is 9.18 Å². The fourth-order valence-electron chi connectivity index (χ4n) is 4.80. The van der Waals surface area contributed by atoms with Crippen molar-refractivity contribution in [2.24, 2.45) is 0 Å². The molecule has 216 valence electrons. The monoisotopic (exact) mass is 568 g/mol.